The van der Waals surface area contributed by atoms with Crippen LogP contribution in [0.25, 0.3) is 0 Å². The molecule has 0 spiro atoms. The SMILES string of the molecule is CCOC(=O)C[C@H](N)c1cc(C(C)C)ccc1OC. The van der Waals surface area contributed by atoms with Gasteiger partial charge in [0.05, 0.1) is 20.1 Å². The fourth-order valence-corrected chi connectivity index (χ4v) is 1.91. The van der Waals surface area contributed by atoms with E-state index in [0.717, 1.165) is 5.56 Å². The van der Waals surface area contributed by atoms with Gasteiger partial charge >= 0.3 is 5.97 Å². The van der Waals surface area contributed by atoms with Crippen LogP contribution in [-0.4, -0.2) is 19.7 Å². The van der Waals surface area contributed by atoms with E-state index in [0.29, 0.717) is 18.3 Å². The number of esters is 1. The normalized spacial score (nSPS) is 12.3. The molecule has 0 fully saturated rings. The molecular weight excluding hydrogens is 242 g/mol. The lowest BCUT2D eigenvalue weighted by Crippen LogP contribution is -2.18. The van der Waals surface area contributed by atoms with Crippen molar-refractivity contribution in [3.63, 3.8) is 0 Å². The van der Waals surface area contributed by atoms with E-state index in [4.69, 9.17) is 15.2 Å². The molecule has 2 N–H and O–H groups in total. The summed E-state index contributed by atoms with van der Waals surface area (Å²) in [4.78, 5) is 11.5. The highest BCUT2D eigenvalue weighted by molar-refractivity contribution is 5.70. The number of carbonyl (C=O) groups is 1. The number of rotatable bonds is 6. The summed E-state index contributed by atoms with van der Waals surface area (Å²) < 4.78 is 10.2. The Morgan fingerprint density at radius 2 is 2.05 bits per heavy atom. The Morgan fingerprint density at radius 1 is 1.37 bits per heavy atom. The van der Waals surface area contributed by atoms with Gasteiger partial charge in [-0.1, -0.05) is 26.0 Å². The average Bonchev–Trinajstić information content (AvgIpc) is 2.37. The fourth-order valence-electron chi connectivity index (χ4n) is 1.91. The Hall–Kier alpha value is -1.55. The van der Waals surface area contributed by atoms with Gasteiger partial charge in [0, 0.05) is 11.6 Å². The van der Waals surface area contributed by atoms with E-state index in [-0.39, 0.29) is 12.4 Å². The number of hydrogen-bond donors (Lipinski definition) is 1. The van der Waals surface area contributed by atoms with Gasteiger partial charge in [-0.3, -0.25) is 4.79 Å². The quantitative estimate of drug-likeness (QED) is 0.803. The first-order valence-electron chi connectivity index (χ1n) is 6.58. The van der Waals surface area contributed by atoms with Crippen LogP contribution in [0, 0.1) is 0 Å². The maximum Gasteiger partial charge on any atom is 0.307 e. The van der Waals surface area contributed by atoms with Gasteiger partial charge in [0.1, 0.15) is 5.75 Å². The first-order chi connectivity index (χ1) is 8.99. The van der Waals surface area contributed by atoms with Gasteiger partial charge in [0.2, 0.25) is 0 Å². The second kappa shape index (κ2) is 7.14. The summed E-state index contributed by atoms with van der Waals surface area (Å²) in [6.45, 7) is 6.38. The number of hydrogen-bond acceptors (Lipinski definition) is 4. The van der Waals surface area contributed by atoms with Crippen molar-refractivity contribution in [1.82, 2.24) is 0 Å². The topological polar surface area (TPSA) is 61.5 Å². The molecule has 0 aliphatic heterocycles. The van der Waals surface area contributed by atoms with Crippen LogP contribution in [0.15, 0.2) is 18.2 Å². The van der Waals surface area contributed by atoms with Crippen molar-refractivity contribution in [3.8, 4) is 5.75 Å². The van der Waals surface area contributed by atoms with Gasteiger partial charge in [-0.05, 0) is 24.5 Å². The van der Waals surface area contributed by atoms with Crippen LogP contribution in [0.1, 0.15) is 50.3 Å². The molecule has 0 aromatic heterocycles. The highest BCUT2D eigenvalue weighted by Gasteiger charge is 2.17. The third kappa shape index (κ3) is 4.24. The summed E-state index contributed by atoms with van der Waals surface area (Å²) in [5, 5.41) is 0. The molecule has 1 aromatic carbocycles. The summed E-state index contributed by atoms with van der Waals surface area (Å²) >= 11 is 0. The maximum atomic E-state index is 11.5. The maximum absolute atomic E-state index is 11.5. The lowest BCUT2D eigenvalue weighted by Gasteiger charge is -2.17. The molecule has 0 radical (unpaired) electrons. The Bertz CT molecular complexity index is 429. The second-order valence-corrected chi connectivity index (χ2v) is 4.77. The third-order valence-corrected chi connectivity index (χ3v) is 3.01. The van der Waals surface area contributed by atoms with Crippen LogP contribution >= 0.6 is 0 Å². The first kappa shape index (κ1) is 15.5. The van der Waals surface area contributed by atoms with Crippen LogP contribution < -0.4 is 10.5 Å². The third-order valence-electron chi connectivity index (χ3n) is 3.01. The summed E-state index contributed by atoms with van der Waals surface area (Å²) in [6.07, 6.45) is 0.158. The molecule has 0 heterocycles. The van der Waals surface area contributed by atoms with Gasteiger partial charge in [-0.15, -0.1) is 0 Å². The van der Waals surface area contributed by atoms with Crippen LogP contribution in [-0.2, 0) is 9.53 Å². The van der Waals surface area contributed by atoms with Crippen molar-refractivity contribution >= 4 is 5.97 Å². The molecule has 4 heteroatoms. The smallest absolute Gasteiger partial charge is 0.307 e. The highest BCUT2D eigenvalue weighted by Crippen LogP contribution is 2.29. The van der Waals surface area contributed by atoms with E-state index in [9.17, 15) is 4.79 Å². The lowest BCUT2D eigenvalue weighted by molar-refractivity contribution is -0.143. The summed E-state index contributed by atoms with van der Waals surface area (Å²) in [5.74, 6) is 0.827. The van der Waals surface area contributed by atoms with E-state index < -0.39 is 6.04 Å². The van der Waals surface area contributed by atoms with Gasteiger partial charge in [-0.2, -0.15) is 0 Å². The minimum Gasteiger partial charge on any atom is -0.496 e. The standard InChI is InChI=1S/C15H23NO3/c1-5-19-15(17)9-13(16)12-8-11(10(2)3)6-7-14(12)18-4/h6-8,10,13H,5,9,16H2,1-4H3/t13-/m0/s1. The second-order valence-electron chi connectivity index (χ2n) is 4.77. The molecule has 0 amide bonds. The summed E-state index contributed by atoms with van der Waals surface area (Å²) in [6, 6.07) is 5.51. The number of nitrogens with two attached hydrogens (primary N) is 1. The van der Waals surface area contributed by atoms with Crippen LogP contribution in [0.3, 0.4) is 0 Å². The van der Waals surface area contributed by atoms with Crippen molar-refractivity contribution in [2.24, 2.45) is 5.73 Å². The molecule has 19 heavy (non-hydrogen) atoms. The predicted molar refractivity (Wildman–Crippen MR) is 75.3 cm³/mol. The zero-order chi connectivity index (χ0) is 14.4. The van der Waals surface area contributed by atoms with Crippen molar-refractivity contribution in [2.45, 2.75) is 39.2 Å². The van der Waals surface area contributed by atoms with Gasteiger partial charge < -0.3 is 15.2 Å². The Labute approximate surface area is 114 Å². The Morgan fingerprint density at radius 3 is 2.58 bits per heavy atom. The number of carbonyl (C=O) groups excluding carboxylic acids is 1. The molecule has 0 saturated carbocycles. The van der Waals surface area contributed by atoms with Crippen molar-refractivity contribution < 1.29 is 14.3 Å². The highest BCUT2D eigenvalue weighted by atomic mass is 16.5. The lowest BCUT2D eigenvalue weighted by atomic mass is 9.96. The van der Waals surface area contributed by atoms with E-state index in [1.807, 2.05) is 18.2 Å². The van der Waals surface area contributed by atoms with Crippen molar-refractivity contribution in [1.29, 1.82) is 0 Å². The van der Waals surface area contributed by atoms with E-state index in [1.165, 1.54) is 5.56 Å². The average molecular weight is 265 g/mol. The minimum absolute atomic E-state index is 0.158. The zero-order valence-corrected chi connectivity index (χ0v) is 12.1. The number of ether oxygens (including phenoxy) is 2. The number of methoxy groups -OCH3 is 1. The molecule has 0 unspecified atom stereocenters. The van der Waals surface area contributed by atoms with Crippen molar-refractivity contribution in [3.05, 3.63) is 29.3 Å². The van der Waals surface area contributed by atoms with Crippen LogP contribution in [0.2, 0.25) is 0 Å². The Kier molecular flexibility index (Phi) is 5.83. The van der Waals surface area contributed by atoms with Crippen LogP contribution in [0.4, 0.5) is 0 Å². The number of benzene rings is 1. The zero-order valence-electron chi connectivity index (χ0n) is 12.1. The van der Waals surface area contributed by atoms with E-state index in [1.54, 1.807) is 14.0 Å². The predicted octanol–water partition coefficient (Wildman–Crippen LogP) is 2.77. The Balaban J connectivity index is 2.95. The monoisotopic (exact) mass is 265 g/mol. The molecule has 4 nitrogen and oxygen atoms in total. The fraction of sp³-hybridized carbons (Fsp3) is 0.533. The molecule has 0 aliphatic carbocycles. The molecule has 1 rings (SSSR count). The molecule has 1 atom stereocenters. The largest absolute Gasteiger partial charge is 0.496 e. The first-order valence-corrected chi connectivity index (χ1v) is 6.58. The molecular formula is C15H23NO3. The van der Waals surface area contributed by atoms with Gasteiger partial charge in [0.15, 0.2) is 0 Å². The molecule has 0 saturated heterocycles. The summed E-state index contributed by atoms with van der Waals surface area (Å²) in [7, 11) is 1.60. The summed E-state index contributed by atoms with van der Waals surface area (Å²) in [5.41, 5.74) is 8.12. The molecule has 106 valence electrons. The molecule has 1 aromatic rings. The van der Waals surface area contributed by atoms with Gasteiger partial charge in [0.25, 0.3) is 0 Å². The molecule has 0 bridgehead atoms. The van der Waals surface area contributed by atoms with E-state index >= 15 is 0 Å². The van der Waals surface area contributed by atoms with E-state index in [2.05, 4.69) is 13.8 Å². The van der Waals surface area contributed by atoms with Gasteiger partial charge in [-0.25, -0.2) is 0 Å². The molecule has 0 aliphatic rings. The van der Waals surface area contributed by atoms with Crippen LogP contribution in [0.5, 0.6) is 5.75 Å². The minimum atomic E-state index is -0.410. The van der Waals surface area contributed by atoms with Crippen molar-refractivity contribution in [2.75, 3.05) is 13.7 Å².